The molecule has 4 rings (SSSR count). The zero-order chi connectivity index (χ0) is 29.1. The van der Waals surface area contributed by atoms with Gasteiger partial charge in [-0.1, -0.05) is 73.8 Å². The fourth-order valence-electron chi connectivity index (χ4n) is 4.65. The molecule has 208 valence electrons. The van der Waals surface area contributed by atoms with E-state index in [0.29, 0.717) is 44.6 Å². The van der Waals surface area contributed by atoms with E-state index in [1.54, 1.807) is 9.80 Å². The van der Waals surface area contributed by atoms with E-state index < -0.39 is 5.24 Å². The lowest BCUT2D eigenvalue weighted by atomic mass is 9.98. The second-order valence-corrected chi connectivity index (χ2v) is 9.71. The van der Waals surface area contributed by atoms with Crippen molar-refractivity contribution in [3.8, 4) is 0 Å². The molecule has 0 radical (unpaired) electrons. The number of piperazine rings is 1. The van der Waals surface area contributed by atoms with Crippen molar-refractivity contribution in [2.75, 3.05) is 26.2 Å². The average Bonchev–Trinajstić information content (AvgIpc) is 2.99. The Labute approximate surface area is 240 Å². The molecule has 0 unspecified atom stereocenters. The molecule has 1 N–H and O–H groups in total. The molecule has 0 spiro atoms. The minimum Gasteiger partial charge on any atom is -0.345 e. The van der Waals surface area contributed by atoms with Crippen LogP contribution in [0.1, 0.15) is 40.9 Å². The first-order chi connectivity index (χ1) is 19.2. The first-order valence-corrected chi connectivity index (χ1v) is 13.5. The number of hydrogen-bond donors (Lipinski definition) is 1. The maximum absolute atomic E-state index is 13.2. The Morgan fingerprint density at radius 2 is 1.48 bits per heavy atom. The third-order valence-electron chi connectivity index (χ3n) is 6.79. The molecular weight excluding hydrogens is 526 g/mol. The summed E-state index contributed by atoms with van der Waals surface area (Å²) in [5.41, 5.74) is 2.51. The number of amides is 3. The van der Waals surface area contributed by atoms with E-state index in [-0.39, 0.29) is 23.8 Å². The monoisotopic (exact) mass is 559 g/mol. The highest BCUT2D eigenvalue weighted by molar-refractivity contribution is 6.66. The van der Waals surface area contributed by atoms with Crippen molar-refractivity contribution < 1.29 is 19.2 Å². The number of hydrogen-bond acceptors (Lipinski definition) is 4. The Bertz CT molecular complexity index is 1390. The van der Waals surface area contributed by atoms with Gasteiger partial charge in [-0.05, 0) is 65.1 Å². The Morgan fingerprint density at radius 1 is 0.875 bits per heavy atom. The molecule has 1 aliphatic rings. The van der Waals surface area contributed by atoms with E-state index in [2.05, 4.69) is 36.7 Å². The fourth-order valence-corrected chi connectivity index (χ4v) is 4.65. The van der Waals surface area contributed by atoms with Crippen LogP contribution in [0.2, 0.25) is 0 Å². The number of fused-ring (bicyclic) bond motifs is 1. The summed E-state index contributed by atoms with van der Waals surface area (Å²) in [7, 11) is 0. The van der Waals surface area contributed by atoms with Gasteiger partial charge in [0.1, 0.15) is 0 Å². The summed E-state index contributed by atoms with van der Waals surface area (Å²) < 4.78 is 0. The smallest absolute Gasteiger partial charge is 0.252 e. The van der Waals surface area contributed by atoms with Gasteiger partial charge in [0.05, 0.1) is 6.04 Å². The predicted molar refractivity (Wildman–Crippen MR) is 159 cm³/mol. The lowest BCUT2D eigenvalue weighted by Crippen LogP contribution is -2.50. The highest BCUT2D eigenvalue weighted by Gasteiger charge is 2.23. The highest BCUT2D eigenvalue weighted by atomic mass is 35.5. The number of halogens is 1. The van der Waals surface area contributed by atoms with Crippen molar-refractivity contribution in [3.63, 3.8) is 0 Å². The SMILES string of the molecule is C=CC(=O)Cl.C=CC(=O)N1CCN(C(=O)CCc2ccccc2C(=O)N[C@H](C)c2cccc3ccccc23)CC1. The maximum Gasteiger partial charge on any atom is 0.252 e. The molecule has 0 aromatic heterocycles. The second kappa shape index (κ2) is 14.8. The zero-order valence-electron chi connectivity index (χ0n) is 22.6. The van der Waals surface area contributed by atoms with Gasteiger partial charge < -0.3 is 15.1 Å². The summed E-state index contributed by atoms with van der Waals surface area (Å²) in [6, 6.07) is 21.6. The Morgan fingerprint density at radius 3 is 2.15 bits per heavy atom. The van der Waals surface area contributed by atoms with Crippen LogP contribution in [0.3, 0.4) is 0 Å². The molecule has 1 heterocycles. The first-order valence-electron chi connectivity index (χ1n) is 13.1. The first kappa shape index (κ1) is 30.3. The molecule has 3 aromatic carbocycles. The molecule has 1 saturated heterocycles. The molecule has 0 aliphatic carbocycles. The average molecular weight is 560 g/mol. The van der Waals surface area contributed by atoms with Gasteiger partial charge in [-0.3, -0.25) is 19.2 Å². The number of nitrogens with zero attached hydrogens (tertiary/aromatic N) is 2. The number of allylic oxidation sites excluding steroid dienone is 1. The van der Waals surface area contributed by atoms with Gasteiger partial charge in [0.25, 0.3) is 5.91 Å². The molecule has 7 nitrogen and oxygen atoms in total. The van der Waals surface area contributed by atoms with Gasteiger partial charge in [0.2, 0.25) is 17.1 Å². The van der Waals surface area contributed by atoms with E-state index in [0.717, 1.165) is 28.0 Å². The van der Waals surface area contributed by atoms with Crippen LogP contribution in [0.5, 0.6) is 0 Å². The van der Waals surface area contributed by atoms with Crippen molar-refractivity contribution in [1.29, 1.82) is 0 Å². The van der Waals surface area contributed by atoms with Crippen molar-refractivity contribution >= 4 is 45.3 Å². The van der Waals surface area contributed by atoms with Crippen molar-refractivity contribution in [1.82, 2.24) is 15.1 Å². The van der Waals surface area contributed by atoms with Crippen LogP contribution in [-0.2, 0) is 20.8 Å². The third kappa shape index (κ3) is 8.13. The topological polar surface area (TPSA) is 86.8 Å². The van der Waals surface area contributed by atoms with Gasteiger partial charge in [-0.15, -0.1) is 0 Å². The second-order valence-electron chi connectivity index (χ2n) is 9.34. The van der Waals surface area contributed by atoms with E-state index in [1.165, 1.54) is 6.08 Å². The van der Waals surface area contributed by atoms with Gasteiger partial charge in [0, 0.05) is 38.2 Å². The van der Waals surface area contributed by atoms with Gasteiger partial charge >= 0.3 is 0 Å². The largest absolute Gasteiger partial charge is 0.345 e. The van der Waals surface area contributed by atoms with Crippen molar-refractivity contribution in [3.05, 3.63) is 109 Å². The molecule has 1 atom stereocenters. The van der Waals surface area contributed by atoms with E-state index in [1.807, 2.05) is 55.5 Å². The molecule has 8 heteroatoms. The van der Waals surface area contributed by atoms with Gasteiger partial charge in [-0.25, -0.2) is 0 Å². The van der Waals surface area contributed by atoms with Gasteiger partial charge in [-0.2, -0.15) is 0 Å². The normalized spacial score (nSPS) is 13.4. The standard InChI is InChI=1S/C29H31N3O3.C3H3ClO/c1-3-27(33)31-17-19-32(20-18-31)28(34)16-15-23-10-5-7-13-26(23)29(35)30-21(2)24-14-8-11-22-9-4-6-12-25(22)24;1-2-3(4)5/h3-14,21H,1,15-20H2,2H3,(H,30,35);2H,1H2/t21-;/m1./s1. The summed E-state index contributed by atoms with van der Waals surface area (Å²) in [5, 5.41) is 4.89. The summed E-state index contributed by atoms with van der Waals surface area (Å²) in [5.74, 6) is -0.213. The minimum absolute atomic E-state index is 0.0371. The summed E-state index contributed by atoms with van der Waals surface area (Å²) in [6.07, 6.45) is 3.15. The van der Waals surface area contributed by atoms with Crippen LogP contribution < -0.4 is 5.32 Å². The highest BCUT2D eigenvalue weighted by Crippen LogP contribution is 2.24. The van der Waals surface area contributed by atoms with E-state index >= 15 is 0 Å². The number of carbonyl (C=O) groups is 4. The number of nitrogens with one attached hydrogen (secondary N) is 1. The van der Waals surface area contributed by atoms with E-state index in [4.69, 9.17) is 11.6 Å². The van der Waals surface area contributed by atoms with Crippen LogP contribution in [0.4, 0.5) is 0 Å². The van der Waals surface area contributed by atoms with Crippen LogP contribution in [0.15, 0.2) is 92.0 Å². The van der Waals surface area contributed by atoms with Crippen molar-refractivity contribution in [2.45, 2.75) is 25.8 Å². The number of carbonyl (C=O) groups excluding carboxylic acids is 4. The van der Waals surface area contributed by atoms with Gasteiger partial charge in [0.15, 0.2) is 0 Å². The lowest BCUT2D eigenvalue weighted by molar-refractivity contribution is -0.137. The molecule has 0 bridgehead atoms. The molecule has 40 heavy (non-hydrogen) atoms. The molecule has 3 amide bonds. The lowest BCUT2D eigenvalue weighted by Gasteiger charge is -2.34. The fraction of sp³-hybridized carbons (Fsp3) is 0.250. The Kier molecular flexibility index (Phi) is 11.2. The predicted octanol–water partition coefficient (Wildman–Crippen LogP) is 5.06. The van der Waals surface area contributed by atoms with Crippen LogP contribution in [0, 0.1) is 0 Å². The van der Waals surface area contributed by atoms with Crippen LogP contribution >= 0.6 is 11.6 Å². The quantitative estimate of drug-likeness (QED) is 0.309. The molecule has 1 aliphatic heterocycles. The van der Waals surface area contributed by atoms with E-state index in [9.17, 15) is 19.2 Å². The zero-order valence-corrected chi connectivity index (χ0v) is 23.4. The molecular formula is C32H34ClN3O4. The Hall–Kier alpha value is -4.23. The maximum atomic E-state index is 13.2. The van der Waals surface area contributed by atoms with Crippen LogP contribution in [-0.4, -0.2) is 58.9 Å². The molecule has 3 aromatic rings. The Balaban J connectivity index is 0.000000810. The molecule has 0 saturated carbocycles. The number of benzene rings is 3. The third-order valence-corrected chi connectivity index (χ3v) is 6.94. The van der Waals surface area contributed by atoms with Crippen LogP contribution in [0.25, 0.3) is 10.8 Å². The minimum atomic E-state index is -0.509. The summed E-state index contributed by atoms with van der Waals surface area (Å²) in [6.45, 7) is 10.7. The summed E-state index contributed by atoms with van der Waals surface area (Å²) in [4.78, 5) is 50.7. The summed E-state index contributed by atoms with van der Waals surface area (Å²) >= 11 is 4.71. The number of aryl methyl sites for hydroxylation is 1. The number of rotatable bonds is 8. The van der Waals surface area contributed by atoms with Crippen molar-refractivity contribution in [2.24, 2.45) is 0 Å². The molecule has 1 fully saturated rings.